The van der Waals surface area contributed by atoms with E-state index in [4.69, 9.17) is 5.11 Å². The lowest BCUT2D eigenvalue weighted by molar-refractivity contribution is -0.468. The molecule has 0 aliphatic heterocycles. The van der Waals surface area contributed by atoms with Crippen LogP contribution in [0.1, 0.15) is 19.3 Å². The van der Waals surface area contributed by atoms with E-state index in [0.717, 1.165) is 0 Å². The number of rotatable bonds is 12. The van der Waals surface area contributed by atoms with Crippen molar-refractivity contribution >= 4 is 5.97 Å². The molecule has 0 unspecified atom stereocenters. The molecule has 21 heteroatoms. The molecular weight excluding hydrogens is 573 g/mol. The zero-order valence-corrected chi connectivity index (χ0v) is 16.4. The number of carboxylic acids is 1. The third-order valence-corrected chi connectivity index (χ3v) is 4.45. The van der Waals surface area contributed by atoms with E-state index in [1.54, 1.807) is 0 Å². The molecule has 0 aliphatic rings. The van der Waals surface area contributed by atoms with E-state index >= 15 is 0 Å². The standard InChI is InChI=1S/C15H9F19O2/c1-5(6(35)36)3-2-4-7(16,17)8(18,19)9(20,21)10(22,23)11(24,25)12(26,27)13(28,29)14(30,31)15(32,33)34/h1-4H2,(H,35,36). The minimum atomic E-state index is -8.96. The normalized spacial score (nSPS) is 15.8. The van der Waals surface area contributed by atoms with Crippen LogP contribution in [0.2, 0.25) is 0 Å². The van der Waals surface area contributed by atoms with Crippen LogP contribution in [0.4, 0.5) is 83.4 Å². The summed E-state index contributed by atoms with van der Waals surface area (Å²) in [4.78, 5) is 10.4. The zero-order chi connectivity index (χ0) is 29.8. The highest BCUT2D eigenvalue weighted by molar-refractivity contribution is 5.85. The Kier molecular flexibility index (Phi) is 8.49. The molecule has 0 saturated heterocycles. The number of hydrogen-bond donors (Lipinski definition) is 1. The Morgan fingerprint density at radius 1 is 0.528 bits per heavy atom. The van der Waals surface area contributed by atoms with Crippen LogP contribution < -0.4 is 0 Å². The van der Waals surface area contributed by atoms with Crippen molar-refractivity contribution in [3.05, 3.63) is 12.2 Å². The second-order valence-corrected chi connectivity index (χ2v) is 6.99. The van der Waals surface area contributed by atoms with Crippen LogP contribution in [0.5, 0.6) is 0 Å². The summed E-state index contributed by atoms with van der Waals surface area (Å²) in [5, 5.41) is 8.35. The summed E-state index contributed by atoms with van der Waals surface area (Å²) in [6.07, 6.45) is -13.6. The van der Waals surface area contributed by atoms with E-state index in [1.165, 1.54) is 0 Å². The number of halogens is 19. The van der Waals surface area contributed by atoms with Crippen molar-refractivity contribution in [2.75, 3.05) is 0 Å². The van der Waals surface area contributed by atoms with Gasteiger partial charge in [-0.2, -0.15) is 83.4 Å². The lowest BCUT2D eigenvalue weighted by Gasteiger charge is -2.43. The van der Waals surface area contributed by atoms with Gasteiger partial charge < -0.3 is 5.11 Å². The van der Waals surface area contributed by atoms with Gasteiger partial charge in [0.25, 0.3) is 0 Å². The Morgan fingerprint density at radius 3 is 1.08 bits per heavy atom. The molecule has 0 fully saturated rings. The van der Waals surface area contributed by atoms with E-state index in [-0.39, 0.29) is 0 Å². The van der Waals surface area contributed by atoms with Gasteiger partial charge in [0, 0.05) is 12.0 Å². The summed E-state index contributed by atoms with van der Waals surface area (Å²) in [6.45, 7) is 2.65. The molecule has 0 bridgehead atoms. The SMILES string of the molecule is C=C(CCCC(F)(F)C(F)(F)C(F)(F)C(F)(F)C(F)(F)C(F)(F)C(F)(F)C(F)(F)C(F)(F)F)C(=O)O. The smallest absolute Gasteiger partial charge is 0.460 e. The summed E-state index contributed by atoms with van der Waals surface area (Å²) < 4.78 is 249. The Bertz CT molecular complexity index is 838. The lowest BCUT2D eigenvalue weighted by atomic mass is 9.86. The van der Waals surface area contributed by atoms with Crippen molar-refractivity contribution in [1.29, 1.82) is 0 Å². The molecule has 1 N–H and O–H groups in total. The predicted octanol–water partition coefficient (Wildman–Crippen LogP) is 7.44. The van der Waals surface area contributed by atoms with E-state index in [9.17, 15) is 88.2 Å². The number of carbonyl (C=O) groups is 1. The maximum atomic E-state index is 13.6. The van der Waals surface area contributed by atoms with Gasteiger partial charge in [-0.3, -0.25) is 0 Å². The van der Waals surface area contributed by atoms with Gasteiger partial charge in [0.05, 0.1) is 0 Å². The maximum absolute atomic E-state index is 13.6. The maximum Gasteiger partial charge on any atom is 0.460 e. The highest BCUT2D eigenvalue weighted by atomic mass is 19.4. The van der Waals surface area contributed by atoms with Crippen LogP contribution in [0, 0.1) is 0 Å². The van der Waals surface area contributed by atoms with E-state index in [2.05, 4.69) is 6.58 Å². The molecule has 0 amide bonds. The summed E-state index contributed by atoms with van der Waals surface area (Å²) >= 11 is 0. The topological polar surface area (TPSA) is 37.3 Å². The molecule has 0 aliphatic carbocycles. The fraction of sp³-hybridized carbons (Fsp3) is 0.800. The van der Waals surface area contributed by atoms with Crippen molar-refractivity contribution in [1.82, 2.24) is 0 Å². The van der Waals surface area contributed by atoms with Crippen LogP contribution in [-0.4, -0.2) is 64.6 Å². The highest BCUT2D eigenvalue weighted by Gasteiger charge is 2.96. The monoisotopic (exact) mass is 582 g/mol. The quantitative estimate of drug-likeness (QED) is 0.192. The first kappa shape index (κ1) is 33.9. The molecule has 0 radical (unpaired) electrons. The number of hydrogen-bond acceptors (Lipinski definition) is 1. The van der Waals surface area contributed by atoms with Crippen LogP contribution in [0.25, 0.3) is 0 Å². The van der Waals surface area contributed by atoms with Gasteiger partial charge >= 0.3 is 59.5 Å². The number of aliphatic carboxylic acids is 1. The van der Waals surface area contributed by atoms with Gasteiger partial charge in [-0.25, -0.2) is 4.79 Å². The summed E-state index contributed by atoms with van der Waals surface area (Å²) in [7, 11) is 0. The Morgan fingerprint density at radius 2 is 0.806 bits per heavy atom. The third kappa shape index (κ3) is 4.65. The fourth-order valence-corrected chi connectivity index (χ4v) is 2.18. The van der Waals surface area contributed by atoms with Crippen LogP contribution in [0.15, 0.2) is 12.2 Å². The molecule has 0 heterocycles. The van der Waals surface area contributed by atoms with E-state index < -0.39 is 84.4 Å². The van der Waals surface area contributed by atoms with Crippen molar-refractivity contribution in [2.45, 2.75) is 72.8 Å². The third-order valence-electron chi connectivity index (χ3n) is 4.45. The van der Waals surface area contributed by atoms with Crippen LogP contribution >= 0.6 is 0 Å². The molecule has 36 heavy (non-hydrogen) atoms. The zero-order valence-electron chi connectivity index (χ0n) is 16.4. The van der Waals surface area contributed by atoms with Crippen molar-refractivity contribution < 1.29 is 93.3 Å². The van der Waals surface area contributed by atoms with Crippen molar-refractivity contribution in [3.8, 4) is 0 Å². The number of alkyl halides is 19. The van der Waals surface area contributed by atoms with Gasteiger partial charge in [-0.05, 0) is 12.8 Å². The van der Waals surface area contributed by atoms with Crippen LogP contribution in [-0.2, 0) is 4.79 Å². The van der Waals surface area contributed by atoms with E-state index in [1.807, 2.05) is 0 Å². The minimum Gasteiger partial charge on any atom is -0.478 e. The molecule has 0 saturated carbocycles. The van der Waals surface area contributed by atoms with Crippen molar-refractivity contribution in [3.63, 3.8) is 0 Å². The second kappa shape index (κ2) is 9.02. The molecule has 0 aromatic carbocycles. The molecule has 0 aromatic rings. The fourth-order valence-electron chi connectivity index (χ4n) is 2.18. The predicted molar refractivity (Wildman–Crippen MR) is 76.3 cm³/mol. The van der Waals surface area contributed by atoms with Gasteiger partial charge in [-0.1, -0.05) is 6.58 Å². The van der Waals surface area contributed by atoms with Gasteiger partial charge in [-0.15, -0.1) is 0 Å². The molecule has 2 nitrogen and oxygen atoms in total. The average Bonchev–Trinajstić information content (AvgIpc) is 2.65. The molecular formula is C15H9F19O2. The Labute approximate surface area is 185 Å². The Balaban J connectivity index is 6.59. The summed E-state index contributed by atoms with van der Waals surface area (Å²) in [5.41, 5.74) is -1.06. The Hall–Kier alpha value is -2.12. The molecule has 0 rings (SSSR count). The molecule has 214 valence electrons. The minimum absolute atomic E-state index is 1.06. The highest BCUT2D eigenvalue weighted by Crippen LogP contribution is 2.65. The van der Waals surface area contributed by atoms with Crippen molar-refractivity contribution in [2.24, 2.45) is 0 Å². The summed E-state index contributed by atoms with van der Waals surface area (Å²) in [6, 6.07) is 0. The number of carboxylic acid groups (broad SMARTS) is 1. The summed E-state index contributed by atoms with van der Waals surface area (Å²) in [5.74, 6) is -68.8. The molecule has 0 atom stereocenters. The van der Waals surface area contributed by atoms with E-state index in [0.29, 0.717) is 0 Å². The first-order valence-corrected chi connectivity index (χ1v) is 8.33. The largest absolute Gasteiger partial charge is 0.478 e. The molecule has 0 aromatic heterocycles. The van der Waals surface area contributed by atoms with Gasteiger partial charge in [0.2, 0.25) is 0 Å². The molecule has 0 spiro atoms. The first-order chi connectivity index (χ1) is 15.3. The van der Waals surface area contributed by atoms with Crippen LogP contribution in [0.3, 0.4) is 0 Å². The lowest BCUT2D eigenvalue weighted by Crippen LogP contribution is -2.75. The van der Waals surface area contributed by atoms with Gasteiger partial charge in [0.1, 0.15) is 0 Å². The average molecular weight is 582 g/mol. The second-order valence-electron chi connectivity index (χ2n) is 6.99. The van der Waals surface area contributed by atoms with Gasteiger partial charge in [0.15, 0.2) is 0 Å². The first-order valence-electron chi connectivity index (χ1n) is 8.33.